The van der Waals surface area contributed by atoms with Gasteiger partial charge in [-0.15, -0.1) is 11.8 Å². The van der Waals surface area contributed by atoms with E-state index in [2.05, 4.69) is 17.2 Å². The molecule has 0 aliphatic heterocycles. The zero-order valence-corrected chi connectivity index (χ0v) is 6.18. The van der Waals surface area contributed by atoms with E-state index in [1.54, 1.807) is 6.92 Å². The molecule has 0 aromatic carbocycles. The van der Waals surface area contributed by atoms with Crippen molar-refractivity contribution in [2.24, 2.45) is 0 Å². The lowest BCUT2D eigenvalue weighted by atomic mass is 10.4. The summed E-state index contributed by atoms with van der Waals surface area (Å²) in [4.78, 5) is 20.3. The molecule has 0 saturated carbocycles. The van der Waals surface area contributed by atoms with Crippen LogP contribution in [0.15, 0.2) is 0 Å². The number of amides is 1. The normalized spacial score (nSPS) is 7.73. The Bertz CT molecular complexity index is 211. The first-order valence-corrected chi connectivity index (χ1v) is 3.09. The standard InChI is InChI=1S/C7H9NO3/c1-2-3-4-5-8-6(9)7(10)11/h4-5H2,1H3,(H,8,9)(H,10,11). The zero-order chi connectivity index (χ0) is 8.69. The smallest absolute Gasteiger partial charge is 0.394 e. The molecule has 2 N–H and O–H groups in total. The Morgan fingerprint density at radius 2 is 2.18 bits per heavy atom. The minimum absolute atomic E-state index is 0.284. The summed E-state index contributed by atoms with van der Waals surface area (Å²) in [6, 6.07) is 0. The van der Waals surface area contributed by atoms with Gasteiger partial charge in [0.15, 0.2) is 0 Å². The van der Waals surface area contributed by atoms with Crippen LogP contribution in [0.5, 0.6) is 0 Å². The lowest BCUT2D eigenvalue weighted by Gasteiger charge is -1.95. The van der Waals surface area contributed by atoms with Crippen molar-refractivity contribution in [2.45, 2.75) is 13.3 Å². The monoisotopic (exact) mass is 155 g/mol. The summed E-state index contributed by atoms with van der Waals surface area (Å²) in [6.45, 7) is 1.96. The topological polar surface area (TPSA) is 66.4 Å². The molecule has 0 radical (unpaired) electrons. The first kappa shape index (κ1) is 9.50. The summed E-state index contributed by atoms with van der Waals surface area (Å²) in [7, 11) is 0. The molecule has 0 rings (SSSR count). The van der Waals surface area contributed by atoms with Crippen molar-refractivity contribution >= 4 is 11.9 Å². The molecule has 0 aromatic rings. The number of carbonyl (C=O) groups is 2. The van der Waals surface area contributed by atoms with Gasteiger partial charge in [-0.3, -0.25) is 4.79 Å². The van der Waals surface area contributed by atoms with Gasteiger partial charge < -0.3 is 10.4 Å². The van der Waals surface area contributed by atoms with Crippen molar-refractivity contribution in [1.82, 2.24) is 5.32 Å². The molecule has 0 spiro atoms. The third kappa shape index (κ3) is 4.97. The van der Waals surface area contributed by atoms with Crippen molar-refractivity contribution in [1.29, 1.82) is 0 Å². The Hall–Kier alpha value is -1.50. The van der Waals surface area contributed by atoms with Crippen molar-refractivity contribution < 1.29 is 14.7 Å². The van der Waals surface area contributed by atoms with Gasteiger partial charge in [0, 0.05) is 13.0 Å². The molecular weight excluding hydrogens is 146 g/mol. The first-order valence-electron chi connectivity index (χ1n) is 3.09. The SMILES string of the molecule is CC#CCCNC(=O)C(=O)O. The average Bonchev–Trinajstić information content (AvgIpc) is 1.97. The Kier molecular flexibility index (Phi) is 4.58. The van der Waals surface area contributed by atoms with Gasteiger partial charge in [0.05, 0.1) is 0 Å². The van der Waals surface area contributed by atoms with Crippen LogP contribution in [0.4, 0.5) is 0 Å². The molecule has 0 aromatic heterocycles. The Morgan fingerprint density at radius 1 is 1.55 bits per heavy atom. The van der Waals surface area contributed by atoms with Gasteiger partial charge in [-0.1, -0.05) is 0 Å². The average molecular weight is 155 g/mol. The van der Waals surface area contributed by atoms with Crippen LogP contribution in [0.25, 0.3) is 0 Å². The molecule has 4 nitrogen and oxygen atoms in total. The largest absolute Gasteiger partial charge is 0.474 e. The lowest BCUT2D eigenvalue weighted by molar-refractivity contribution is -0.150. The van der Waals surface area contributed by atoms with Gasteiger partial charge in [0.25, 0.3) is 0 Å². The first-order chi connectivity index (χ1) is 5.18. The van der Waals surface area contributed by atoms with Crippen molar-refractivity contribution in [3.8, 4) is 11.8 Å². The van der Waals surface area contributed by atoms with Gasteiger partial charge in [-0.2, -0.15) is 0 Å². The second kappa shape index (κ2) is 5.30. The maximum Gasteiger partial charge on any atom is 0.394 e. The van der Waals surface area contributed by atoms with E-state index < -0.39 is 11.9 Å². The number of carboxylic acid groups (broad SMARTS) is 1. The van der Waals surface area contributed by atoms with E-state index in [0.717, 1.165) is 0 Å². The van der Waals surface area contributed by atoms with E-state index in [0.29, 0.717) is 6.42 Å². The highest BCUT2D eigenvalue weighted by atomic mass is 16.4. The van der Waals surface area contributed by atoms with Crippen LogP contribution in [-0.4, -0.2) is 23.5 Å². The molecule has 0 unspecified atom stereocenters. The Morgan fingerprint density at radius 3 is 2.64 bits per heavy atom. The maximum absolute atomic E-state index is 10.3. The van der Waals surface area contributed by atoms with E-state index in [4.69, 9.17) is 5.11 Å². The quantitative estimate of drug-likeness (QED) is 0.324. The molecule has 0 fully saturated rings. The molecule has 4 heteroatoms. The molecule has 0 aliphatic rings. The lowest BCUT2D eigenvalue weighted by Crippen LogP contribution is -2.31. The van der Waals surface area contributed by atoms with Crippen LogP contribution in [0.3, 0.4) is 0 Å². The molecule has 60 valence electrons. The highest BCUT2D eigenvalue weighted by molar-refractivity contribution is 6.31. The minimum Gasteiger partial charge on any atom is -0.474 e. The molecule has 0 saturated heterocycles. The maximum atomic E-state index is 10.3. The molecule has 0 atom stereocenters. The number of rotatable bonds is 2. The van der Waals surface area contributed by atoms with E-state index in [9.17, 15) is 9.59 Å². The van der Waals surface area contributed by atoms with Gasteiger partial charge in [0.2, 0.25) is 0 Å². The highest BCUT2D eigenvalue weighted by Crippen LogP contribution is 1.72. The van der Waals surface area contributed by atoms with Crippen LogP contribution < -0.4 is 5.32 Å². The summed E-state index contributed by atoms with van der Waals surface area (Å²) in [5, 5.41) is 10.3. The van der Waals surface area contributed by atoms with E-state index in [-0.39, 0.29) is 6.54 Å². The number of aliphatic carboxylic acids is 1. The Balaban J connectivity index is 3.45. The summed E-state index contributed by atoms with van der Waals surface area (Å²) >= 11 is 0. The zero-order valence-electron chi connectivity index (χ0n) is 6.18. The number of carbonyl (C=O) groups excluding carboxylic acids is 1. The fourth-order valence-electron chi connectivity index (χ4n) is 0.439. The number of hydrogen-bond donors (Lipinski definition) is 2. The van der Waals surface area contributed by atoms with Gasteiger partial charge in [-0.25, -0.2) is 4.79 Å². The second-order valence-electron chi connectivity index (χ2n) is 1.74. The molecule has 0 aliphatic carbocycles. The van der Waals surface area contributed by atoms with E-state index >= 15 is 0 Å². The summed E-state index contributed by atoms with van der Waals surface area (Å²) in [5.41, 5.74) is 0. The van der Waals surface area contributed by atoms with Crippen LogP contribution >= 0.6 is 0 Å². The van der Waals surface area contributed by atoms with Crippen molar-refractivity contribution in [2.75, 3.05) is 6.54 Å². The fraction of sp³-hybridized carbons (Fsp3) is 0.429. The van der Waals surface area contributed by atoms with E-state index in [1.807, 2.05) is 0 Å². The third-order valence-corrected chi connectivity index (χ3v) is 0.907. The molecule has 0 bridgehead atoms. The van der Waals surface area contributed by atoms with Crippen LogP contribution in [-0.2, 0) is 9.59 Å². The second-order valence-corrected chi connectivity index (χ2v) is 1.74. The predicted octanol–water partition coefficient (Wildman–Crippen LogP) is -0.399. The number of nitrogens with one attached hydrogen (secondary N) is 1. The number of carboxylic acids is 1. The fourth-order valence-corrected chi connectivity index (χ4v) is 0.439. The summed E-state index contributed by atoms with van der Waals surface area (Å²) in [6.07, 6.45) is 0.482. The summed E-state index contributed by atoms with van der Waals surface area (Å²) in [5.74, 6) is 2.86. The third-order valence-electron chi connectivity index (χ3n) is 0.907. The molecule has 1 amide bonds. The van der Waals surface area contributed by atoms with Crippen molar-refractivity contribution in [3.05, 3.63) is 0 Å². The van der Waals surface area contributed by atoms with Crippen LogP contribution in [0.2, 0.25) is 0 Å². The van der Waals surface area contributed by atoms with E-state index in [1.165, 1.54) is 0 Å². The highest BCUT2D eigenvalue weighted by Gasteiger charge is 2.07. The molecule has 0 heterocycles. The summed E-state index contributed by atoms with van der Waals surface area (Å²) < 4.78 is 0. The predicted molar refractivity (Wildman–Crippen MR) is 38.7 cm³/mol. The van der Waals surface area contributed by atoms with Gasteiger partial charge >= 0.3 is 11.9 Å². The van der Waals surface area contributed by atoms with Crippen LogP contribution in [0.1, 0.15) is 13.3 Å². The number of hydrogen-bond acceptors (Lipinski definition) is 2. The minimum atomic E-state index is -1.46. The van der Waals surface area contributed by atoms with Crippen molar-refractivity contribution in [3.63, 3.8) is 0 Å². The van der Waals surface area contributed by atoms with Crippen LogP contribution in [0, 0.1) is 11.8 Å². The van der Waals surface area contributed by atoms with Gasteiger partial charge in [0.1, 0.15) is 0 Å². The Labute approximate surface area is 64.6 Å². The van der Waals surface area contributed by atoms with Gasteiger partial charge in [-0.05, 0) is 6.92 Å². The molecule has 11 heavy (non-hydrogen) atoms. The molecular formula is C7H9NO3.